The number of ether oxygens (including phenoxy) is 1. The summed E-state index contributed by atoms with van der Waals surface area (Å²) in [7, 11) is 1.75. The average Bonchev–Trinajstić information content (AvgIpc) is 2.27. The van der Waals surface area contributed by atoms with Crippen molar-refractivity contribution in [3.05, 3.63) is 28.8 Å². The second-order valence-electron chi connectivity index (χ2n) is 4.31. The number of methoxy groups -OCH3 is 1. The molecule has 0 aliphatic heterocycles. The van der Waals surface area contributed by atoms with E-state index >= 15 is 0 Å². The molecule has 1 aliphatic rings. The summed E-state index contributed by atoms with van der Waals surface area (Å²) in [6.07, 6.45) is 4.84. The lowest BCUT2D eigenvalue weighted by atomic mass is 9.86. The Balaban J connectivity index is 2.52. The third-order valence-corrected chi connectivity index (χ3v) is 3.24. The van der Waals surface area contributed by atoms with E-state index in [1.54, 1.807) is 7.11 Å². The third kappa shape index (κ3) is 1.86. The SMILES string of the molecule is COc1ccc(C(C)N)c2c1CCCC2. The Morgan fingerprint density at radius 1 is 1.20 bits per heavy atom. The number of benzene rings is 1. The molecule has 82 valence electrons. The van der Waals surface area contributed by atoms with E-state index in [4.69, 9.17) is 10.5 Å². The van der Waals surface area contributed by atoms with Crippen LogP contribution in [0.3, 0.4) is 0 Å². The largest absolute Gasteiger partial charge is 0.496 e. The van der Waals surface area contributed by atoms with Crippen LogP contribution in [-0.4, -0.2) is 7.11 Å². The van der Waals surface area contributed by atoms with Crippen LogP contribution in [0.2, 0.25) is 0 Å². The molecule has 0 aromatic heterocycles. The number of fused-ring (bicyclic) bond motifs is 1. The van der Waals surface area contributed by atoms with E-state index in [9.17, 15) is 0 Å². The monoisotopic (exact) mass is 205 g/mol. The minimum atomic E-state index is 0.128. The molecule has 0 radical (unpaired) electrons. The van der Waals surface area contributed by atoms with Crippen LogP contribution in [0.1, 0.15) is 42.5 Å². The molecule has 15 heavy (non-hydrogen) atoms. The van der Waals surface area contributed by atoms with Crippen molar-refractivity contribution in [1.29, 1.82) is 0 Å². The Kier molecular flexibility index (Phi) is 2.96. The maximum absolute atomic E-state index is 5.99. The van der Waals surface area contributed by atoms with Crippen molar-refractivity contribution in [1.82, 2.24) is 0 Å². The summed E-state index contributed by atoms with van der Waals surface area (Å²) in [6, 6.07) is 4.30. The summed E-state index contributed by atoms with van der Waals surface area (Å²) in [5.74, 6) is 1.04. The van der Waals surface area contributed by atoms with Crippen molar-refractivity contribution in [3.63, 3.8) is 0 Å². The zero-order valence-electron chi connectivity index (χ0n) is 9.55. The molecule has 2 heteroatoms. The summed E-state index contributed by atoms with van der Waals surface area (Å²) < 4.78 is 5.41. The molecular formula is C13H19NO. The van der Waals surface area contributed by atoms with Crippen molar-refractivity contribution < 1.29 is 4.74 Å². The van der Waals surface area contributed by atoms with Crippen LogP contribution < -0.4 is 10.5 Å². The number of hydrogen-bond acceptors (Lipinski definition) is 2. The van der Waals surface area contributed by atoms with Crippen molar-refractivity contribution >= 4 is 0 Å². The van der Waals surface area contributed by atoms with E-state index in [1.165, 1.54) is 29.5 Å². The minimum Gasteiger partial charge on any atom is -0.496 e. The highest BCUT2D eigenvalue weighted by molar-refractivity contribution is 5.47. The molecule has 0 saturated carbocycles. The summed E-state index contributed by atoms with van der Waals surface area (Å²) in [5.41, 5.74) is 10.1. The smallest absolute Gasteiger partial charge is 0.122 e. The molecule has 1 aliphatic carbocycles. The van der Waals surface area contributed by atoms with Crippen molar-refractivity contribution in [2.75, 3.05) is 7.11 Å². The van der Waals surface area contributed by atoms with Gasteiger partial charge < -0.3 is 10.5 Å². The highest BCUT2D eigenvalue weighted by atomic mass is 16.5. The summed E-state index contributed by atoms with van der Waals surface area (Å²) in [4.78, 5) is 0. The Labute approximate surface area is 91.4 Å². The van der Waals surface area contributed by atoms with Crippen LogP contribution in [0.15, 0.2) is 12.1 Å². The molecule has 0 fully saturated rings. The van der Waals surface area contributed by atoms with Gasteiger partial charge in [-0.15, -0.1) is 0 Å². The lowest BCUT2D eigenvalue weighted by Crippen LogP contribution is -2.14. The van der Waals surface area contributed by atoms with E-state index in [2.05, 4.69) is 19.1 Å². The van der Waals surface area contributed by atoms with Crippen LogP contribution in [0.5, 0.6) is 5.75 Å². The Hall–Kier alpha value is -1.02. The van der Waals surface area contributed by atoms with Crippen molar-refractivity contribution in [2.24, 2.45) is 5.73 Å². The normalized spacial score (nSPS) is 17.0. The first-order valence-electron chi connectivity index (χ1n) is 5.68. The minimum absolute atomic E-state index is 0.128. The fourth-order valence-electron chi connectivity index (χ4n) is 2.48. The molecule has 1 aromatic rings. The second-order valence-corrected chi connectivity index (χ2v) is 4.31. The van der Waals surface area contributed by atoms with Gasteiger partial charge in [0.2, 0.25) is 0 Å². The molecule has 0 amide bonds. The van der Waals surface area contributed by atoms with Gasteiger partial charge in [-0.1, -0.05) is 6.07 Å². The highest BCUT2D eigenvalue weighted by Gasteiger charge is 2.18. The van der Waals surface area contributed by atoms with Crippen LogP contribution in [0.4, 0.5) is 0 Å². The first kappa shape index (κ1) is 10.5. The summed E-state index contributed by atoms with van der Waals surface area (Å²) in [6.45, 7) is 2.05. The predicted octanol–water partition coefficient (Wildman–Crippen LogP) is 2.59. The lowest BCUT2D eigenvalue weighted by Gasteiger charge is -2.23. The lowest BCUT2D eigenvalue weighted by molar-refractivity contribution is 0.405. The number of rotatable bonds is 2. The van der Waals surface area contributed by atoms with E-state index < -0.39 is 0 Å². The van der Waals surface area contributed by atoms with Gasteiger partial charge in [0, 0.05) is 6.04 Å². The summed E-state index contributed by atoms with van der Waals surface area (Å²) >= 11 is 0. The standard InChI is InChI=1S/C13H19NO/c1-9(14)10-7-8-13(15-2)12-6-4-3-5-11(10)12/h7-9H,3-6,14H2,1-2H3. The zero-order valence-corrected chi connectivity index (χ0v) is 9.55. The quantitative estimate of drug-likeness (QED) is 0.805. The first-order valence-corrected chi connectivity index (χ1v) is 5.68. The van der Waals surface area contributed by atoms with Crippen LogP contribution in [0, 0.1) is 0 Å². The van der Waals surface area contributed by atoms with Gasteiger partial charge in [0.05, 0.1) is 7.11 Å². The first-order chi connectivity index (χ1) is 7.24. The van der Waals surface area contributed by atoms with E-state index in [0.717, 1.165) is 18.6 Å². The molecular weight excluding hydrogens is 186 g/mol. The van der Waals surface area contributed by atoms with E-state index in [0.29, 0.717) is 0 Å². The van der Waals surface area contributed by atoms with Gasteiger partial charge in [0.15, 0.2) is 0 Å². The summed E-state index contributed by atoms with van der Waals surface area (Å²) in [5, 5.41) is 0. The number of hydrogen-bond donors (Lipinski definition) is 1. The van der Waals surface area contributed by atoms with Gasteiger partial charge in [0.1, 0.15) is 5.75 Å². The van der Waals surface area contributed by atoms with E-state index in [-0.39, 0.29) is 6.04 Å². The number of nitrogens with two attached hydrogens (primary N) is 1. The molecule has 1 atom stereocenters. The molecule has 2 N–H and O–H groups in total. The molecule has 2 nitrogen and oxygen atoms in total. The topological polar surface area (TPSA) is 35.2 Å². The molecule has 1 unspecified atom stereocenters. The van der Waals surface area contributed by atoms with Crippen molar-refractivity contribution in [3.8, 4) is 5.75 Å². The zero-order chi connectivity index (χ0) is 10.8. The molecule has 1 aromatic carbocycles. The maximum Gasteiger partial charge on any atom is 0.122 e. The fourth-order valence-corrected chi connectivity index (χ4v) is 2.48. The van der Waals surface area contributed by atoms with Gasteiger partial charge in [-0.2, -0.15) is 0 Å². The average molecular weight is 205 g/mol. The Bertz CT molecular complexity index is 358. The van der Waals surface area contributed by atoms with Gasteiger partial charge in [0.25, 0.3) is 0 Å². The molecule has 0 heterocycles. The van der Waals surface area contributed by atoms with E-state index in [1.807, 2.05) is 0 Å². The van der Waals surface area contributed by atoms with Crippen LogP contribution >= 0.6 is 0 Å². The van der Waals surface area contributed by atoms with Gasteiger partial charge in [-0.3, -0.25) is 0 Å². The molecule has 2 rings (SSSR count). The Morgan fingerprint density at radius 3 is 2.47 bits per heavy atom. The predicted molar refractivity (Wildman–Crippen MR) is 62.2 cm³/mol. The maximum atomic E-state index is 5.99. The van der Waals surface area contributed by atoms with Gasteiger partial charge in [-0.05, 0) is 55.4 Å². The second kappa shape index (κ2) is 4.23. The van der Waals surface area contributed by atoms with Gasteiger partial charge >= 0.3 is 0 Å². The molecule has 0 bridgehead atoms. The highest BCUT2D eigenvalue weighted by Crippen LogP contribution is 2.33. The van der Waals surface area contributed by atoms with Crippen molar-refractivity contribution in [2.45, 2.75) is 38.6 Å². The fraction of sp³-hybridized carbons (Fsp3) is 0.538. The van der Waals surface area contributed by atoms with Gasteiger partial charge in [-0.25, -0.2) is 0 Å². The van der Waals surface area contributed by atoms with Crippen LogP contribution in [-0.2, 0) is 12.8 Å². The molecule has 0 spiro atoms. The Morgan fingerprint density at radius 2 is 1.87 bits per heavy atom. The molecule has 0 saturated heterocycles. The van der Waals surface area contributed by atoms with Crippen LogP contribution in [0.25, 0.3) is 0 Å². The third-order valence-electron chi connectivity index (χ3n) is 3.24.